The zero-order valence-electron chi connectivity index (χ0n) is 12.4. The summed E-state index contributed by atoms with van der Waals surface area (Å²) in [5.41, 5.74) is -0.338. The fraction of sp³-hybridized carbons (Fsp3) is 0.600. The number of amides is 1. The van der Waals surface area contributed by atoms with E-state index in [9.17, 15) is 9.59 Å². The van der Waals surface area contributed by atoms with Crippen molar-refractivity contribution in [2.75, 3.05) is 6.54 Å². The van der Waals surface area contributed by atoms with Gasteiger partial charge in [0, 0.05) is 23.4 Å². The van der Waals surface area contributed by atoms with Gasteiger partial charge in [0.2, 0.25) is 5.91 Å². The van der Waals surface area contributed by atoms with Crippen LogP contribution in [0.15, 0.2) is 17.5 Å². The number of hydrogen-bond acceptors (Lipinski definition) is 3. The van der Waals surface area contributed by atoms with Crippen LogP contribution in [0.1, 0.15) is 44.9 Å². The average Bonchev–Trinajstić information content (AvgIpc) is 2.79. The molecule has 0 radical (unpaired) electrons. The molecule has 0 bridgehead atoms. The summed E-state index contributed by atoms with van der Waals surface area (Å²) in [6.07, 6.45) is 2.17. The number of thiophene rings is 1. The summed E-state index contributed by atoms with van der Waals surface area (Å²) in [6, 6.07) is 4.08. The first-order valence-electron chi connectivity index (χ1n) is 6.85. The number of carbonyl (C=O) groups is 2. The molecule has 0 fully saturated rings. The predicted molar refractivity (Wildman–Crippen MR) is 81.0 cm³/mol. The van der Waals surface area contributed by atoms with Crippen molar-refractivity contribution < 1.29 is 14.7 Å². The lowest BCUT2D eigenvalue weighted by molar-refractivity contribution is -0.140. The highest BCUT2D eigenvalue weighted by Gasteiger charge is 2.26. The topological polar surface area (TPSA) is 57.6 Å². The molecule has 0 unspecified atom stereocenters. The minimum atomic E-state index is -0.870. The molecule has 0 aliphatic heterocycles. The van der Waals surface area contributed by atoms with Crippen LogP contribution in [0.25, 0.3) is 0 Å². The van der Waals surface area contributed by atoms with Gasteiger partial charge in [0.25, 0.3) is 0 Å². The summed E-state index contributed by atoms with van der Waals surface area (Å²) in [6.45, 7) is 6.08. The molecule has 0 saturated heterocycles. The lowest BCUT2D eigenvalue weighted by Crippen LogP contribution is -2.46. The maximum atomic E-state index is 12.3. The number of aliphatic carboxylic acids is 1. The van der Waals surface area contributed by atoms with E-state index in [0.29, 0.717) is 6.42 Å². The highest BCUT2D eigenvalue weighted by atomic mass is 32.1. The Labute approximate surface area is 124 Å². The van der Waals surface area contributed by atoms with E-state index >= 15 is 0 Å². The molecular weight excluding hydrogens is 274 g/mol. The van der Waals surface area contributed by atoms with E-state index in [4.69, 9.17) is 5.11 Å². The molecule has 1 N–H and O–H groups in total. The number of hydrogen-bond donors (Lipinski definition) is 1. The Morgan fingerprint density at radius 3 is 2.50 bits per heavy atom. The van der Waals surface area contributed by atoms with Gasteiger partial charge in [0.15, 0.2) is 0 Å². The molecule has 0 atom stereocenters. The molecule has 0 aliphatic carbocycles. The molecule has 112 valence electrons. The van der Waals surface area contributed by atoms with Gasteiger partial charge in [-0.1, -0.05) is 6.07 Å². The lowest BCUT2D eigenvalue weighted by atomic mass is 10.0. The molecule has 0 aromatic carbocycles. The van der Waals surface area contributed by atoms with E-state index in [2.05, 4.69) is 6.07 Å². The van der Waals surface area contributed by atoms with E-state index in [0.717, 1.165) is 12.8 Å². The zero-order valence-corrected chi connectivity index (χ0v) is 13.2. The summed E-state index contributed by atoms with van der Waals surface area (Å²) in [4.78, 5) is 25.9. The fourth-order valence-corrected chi connectivity index (χ4v) is 2.80. The average molecular weight is 297 g/mol. The van der Waals surface area contributed by atoms with Crippen LogP contribution in [-0.4, -0.2) is 34.0 Å². The monoisotopic (exact) mass is 297 g/mol. The Balaban J connectivity index is 2.48. The summed E-state index contributed by atoms with van der Waals surface area (Å²) < 4.78 is 0. The van der Waals surface area contributed by atoms with Crippen LogP contribution >= 0.6 is 11.3 Å². The van der Waals surface area contributed by atoms with Crippen molar-refractivity contribution in [2.45, 2.75) is 52.0 Å². The Morgan fingerprint density at radius 1 is 1.30 bits per heavy atom. The maximum absolute atomic E-state index is 12.3. The lowest BCUT2D eigenvalue weighted by Gasteiger charge is -2.35. The molecule has 5 heteroatoms. The summed E-state index contributed by atoms with van der Waals surface area (Å²) in [7, 11) is 0. The van der Waals surface area contributed by atoms with E-state index in [1.807, 2.05) is 32.2 Å². The van der Waals surface area contributed by atoms with Gasteiger partial charge >= 0.3 is 5.97 Å². The Hall–Kier alpha value is -1.36. The number of carboxylic acid groups (broad SMARTS) is 1. The Bertz CT molecular complexity index is 434. The molecule has 1 rings (SSSR count). The van der Waals surface area contributed by atoms with Gasteiger partial charge in [-0.3, -0.25) is 9.59 Å². The Morgan fingerprint density at radius 2 is 2.00 bits per heavy atom. The van der Waals surface area contributed by atoms with Crippen LogP contribution in [0.5, 0.6) is 0 Å². The van der Waals surface area contributed by atoms with Crippen molar-refractivity contribution in [1.29, 1.82) is 0 Å². The number of rotatable bonds is 7. The molecule has 1 aromatic heterocycles. The van der Waals surface area contributed by atoms with Gasteiger partial charge in [-0.25, -0.2) is 0 Å². The van der Waals surface area contributed by atoms with Crippen molar-refractivity contribution in [2.24, 2.45) is 0 Å². The first-order chi connectivity index (χ1) is 9.30. The zero-order chi connectivity index (χ0) is 15.2. The molecule has 0 aliphatic rings. The third-order valence-corrected chi connectivity index (χ3v) is 3.99. The second kappa shape index (κ2) is 7.43. The molecule has 20 heavy (non-hydrogen) atoms. The number of nitrogens with zero attached hydrogens (tertiary/aromatic N) is 1. The Kier molecular flexibility index (Phi) is 6.20. The minimum absolute atomic E-state index is 0.00602. The van der Waals surface area contributed by atoms with Gasteiger partial charge in [-0.05, 0) is 45.1 Å². The quantitative estimate of drug-likeness (QED) is 0.841. The van der Waals surface area contributed by atoms with Crippen molar-refractivity contribution in [3.05, 3.63) is 22.4 Å². The van der Waals surface area contributed by atoms with Crippen molar-refractivity contribution >= 4 is 23.2 Å². The van der Waals surface area contributed by atoms with Crippen LogP contribution in [0, 0.1) is 0 Å². The van der Waals surface area contributed by atoms with Crippen LogP contribution in [-0.2, 0) is 16.0 Å². The van der Waals surface area contributed by atoms with Crippen molar-refractivity contribution in [3.8, 4) is 0 Å². The van der Waals surface area contributed by atoms with Gasteiger partial charge in [-0.15, -0.1) is 11.3 Å². The first kappa shape index (κ1) is 16.7. The van der Waals surface area contributed by atoms with Gasteiger partial charge in [0.05, 0.1) is 6.42 Å². The molecular formula is C15H23NO3S. The van der Waals surface area contributed by atoms with Crippen molar-refractivity contribution in [1.82, 2.24) is 4.90 Å². The van der Waals surface area contributed by atoms with Crippen LogP contribution < -0.4 is 0 Å². The first-order valence-corrected chi connectivity index (χ1v) is 7.73. The molecule has 1 amide bonds. The van der Waals surface area contributed by atoms with Crippen LogP contribution in [0.4, 0.5) is 0 Å². The third-order valence-electron chi connectivity index (χ3n) is 3.05. The smallest absolute Gasteiger partial charge is 0.305 e. The van der Waals surface area contributed by atoms with E-state index in [-0.39, 0.29) is 24.4 Å². The van der Waals surface area contributed by atoms with Crippen molar-refractivity contribution in [3.63, 3.8) is 0 Å². The minimum Gasteiger partial charge on any atom is -0.481 e. The van der Waals surface area contributed by atoms with Crippen LogP contribution in [0.2, 0.25) is 0 Å². The largest absolute Gasteiger partial charge is 0.481 e. The summed E-state index contributed by atoms with van der Waals surface area (Å²) in [5.74, 6) is -0.832. The normalized spacial score (nSPS) is 11.3. The SMILES string of the molecule is CC(C)(C)N(CCC(=O)O)C(=O)CCCc1cccs1. The number of carboxylic acids is 1. The maximum Gasteiger partial charge on any atom is 0.305 e. The molecule has 4 nitrogen and oxygen atoms in total. The summed E-state index contributed by atoms with van der Waals surface area (Å²) in [5, 5.41) is 10.8. The highest BCUT2D eigenvalue weighted by molar-refractivity contribution is 7.09. The van der Waals surface area contributed by atoms with Gasteiger partial charge in [-0.2, -0.15) is 0 Å². The number of aryl methyl sites for hydroxylation is 1. The second-order valence-corrected chi connectivity index (χ2v) is 6.83. The van der Waals surface area contributed by atoms with E-state index < -0.39 is 5.97 Å². The molecule has 0 saturated carbocycles. The predicted octanol–water partition coefficient (Wildman–Crippen LogP) is 3.17. The van der Waals surface area contributed by atoms with Gasteiger partial charge < -0.3 is 10.0 Å². The van der Waals surface area contributed by atoms with E-state index in [1.54, 1.807) is 16.2 Å². The van der Waals surface area contributed by atoms with Gasteiger partial charge in [0.1, 0.15) is 0 Å². The molecule has 1 heterocycles. The highest BCUT2D eigenvalue weighted by Crippen LogP contribution is 2.18. The molecule has 1 aromatic rings. The fourth-order valence-electron chi connectivity index (χ4n) is 2.05. The molecule has 0 spiro atoms. The summed E-state index contributed by atoms with van der Waals surface area (Å²) >= 11 is 1.70. The standard InChI is InChI=1S/C15H23NO3S/c1-15(2,3)16(10-9-14(18)19)13(17)8-4-6-12-7-5-11-20-12/h5,7,11H,4,6,8-10H2,1-3H3,(H,18,19). The third kappa shape index (κ3) is 5.74. The number of carbonyl (C=O) groups excluding carboxylic acids is 1. The second-order valence-electron chi connectivity index (χ2n) is 5.79. The van der Waals surface area contributed by atoms with Crippen LogP contribution in [0.3, 0.4) is 0 Å². The van der Waals surface area contributed by atoms with E-state index in [1.165, 1.54) is 4.88 Å².